The number of likely N-dealkylation sites (N-methyl/N-ethyl adjacent to an activating group) is 1. The van der Waals surface area contributed by atoms with E-state index in [2.05, 4.69) is 21.2 Å². The van der Waals surface area contributed by atoms with E-state index in [1.54, 1.807) is 7.05 Å². The number of phenols is 1. The van der Waals surface area contributed by atoms with Crippen molar-refractivity contribution in [3.63, 3.8) is 0 Å². The third-order valence-corrected chi connectivity index (χ3v) is 4.00. The topological polar surface area (TPSA) is 61.7 Å². The number of aliphatic hydroxyl groups excluding tert-OH is 1. The van der Waals surface area contributed by atoms with Crippen LogP contribution in [0.15, 0.2) is 4.47 Å². The van der Waals surface area contributed by atoms with E-state index in [-0.39, 0.29) is 5.75 Å². The molecule has 0 saturated carbocycles. The van der Waals surface area contributed by atoms with Crippen molar-refractivity contribution in [1.29, 1.82) is 0 Å². The maximum atomic E-state index is 10.1. The number of methoxy groups -OCH3 is 1. The summed E-state index contributed by atoms with van der Waals surface area (Å²) in [5.74, 6) is 0.404. The lowest BCUT2D eigenvalue weighted by Gasteiger charge is -2.20. The van der Waals surface area contributed by atoms with Gasteiger partial charge in [0.15, 0.2) is 11.5 Å². The van der Waals surface area contributed by atoms with Crippen molar-refractivity contribution in [1.82, 2.24) is 5.32 Å². The van der Waals surface area contributed by atoms with Crippen molar-refractivity contribution in [3.05, 3.63) is 21.2 Å². The predicted octanol–water partition coefficient (Wildman–Crippen LogP) is 2.03. The molecule has 1 aromatic rings. The first kappa shape index (κ1) is 14.3. The number of phenolic OH excluding ortho intramolecular Hbond substituents is 1. The van der Waals surface area contributed by atoms with Gasteiger partial charge in [-0.3, -0.25) is 0 Å². The molecule has 0 bridgehead atoms. The van der Waals surface area contributed by atoms with Gasteiger partial charge in [-0.15, -0.1) is 0 Å². The van der Waals surface area contributed by atoms with Gasteiger partial charge in [0.1, 0.15) is 0 Å². The maximum Gasteiger partial charge on any atom is 0.164 e. The van der Waals surface area contributed by atoms with Crippen LogP contribution in [0.25, 0.3) is 0 Å². The zero-order chi connectivity index (χ0) is 13.2. The van der Waals surface area contributed by atoms with Crippen molar-refractivity contribution in [2.75, 3.05) is 20.7 Å². The lowest BCUT2D eigenvalue weighted by molar-refractivity contribution is 0.172. The number of nitrogens with one attached hydrogen (secondary N) is 1. The highest BCUT2D eigenvalue weighted by Crippen LogP contribution is 2.43. The molecule has 5 heteroatoms. The van der Waals surface area contributed by atoms with Gasteiger partial charge in [-0.25, -0.2) is 0 Å². The zero-order valence-corrected chi connectivity index (χ0v) is 12.1. The van der Waals surface area contributed by atoms with Crippen LogP contribution in [0.4, 0.5) is 0 Å². The molecule has 0 aliphatic carbocycles. The quantitative estimate of drug-likeness (QED) is 0.796. The molecule has 1 rings (SSSR count). The van der Waals surface area contributed by atoms with Crippen LogP contribution in [-0.4, -0.2) is 30.9 Å². The molecule has 0 aliphatic rings. The fraction of sp³-hybridized carbons (Fsp3) is 0.500. The van der Waals surface area contributed by atoms with Gasteiger partial charge in [-0.05, 0) is 26.5 Å². The number of aliphatic hydroxyl groups is 1. The number of benzene rings is 1. The van der Waals surface area contributed by atoms with Gasteiger partial charge in [0.2, 0.25) is 0 Å². The Morgan fingerprint density at radius 2 is 1.94 bits per heavy atom. The molecule has 1 aromatic carbocycles. The van der Waals surface area contributed by atoms with Gasteiger partial charge in [-0.1, -0.05) is 15.9 Å². The van der Waals surface area contributed by atoms with Gasteiger partial charge in [0.05, 0.1) is 13.2 Å². The summed E-state index contributed by atoms with van der Waals surface area (Å²) < 4.78 is 6.01. The molecule has 1 unspecified atom stereocenters. The van der Waals surface area contributed by atoms with E-state index in [0.717, 1.165) is 15.6 Å². The number of aromatic hydroxyl groups is 1. The van der Waals surface area contributed by atoms with Crippen molar-refractivity contribution in [3.8, 4) is 11.5 Å². The first-order valence-corrected chi connectivity index (χ1v) is 6.13. The van der Waals surface area contributed by atoms with E-state index >= 15 is 0 Å². The molecule has 17 heavy (non-hydrogen) atoms. The number of hydrogen-bond donors (Lipinski definition) is 3. The molecule has 0 heterocycles. The van der Waals surface area contributed by atoms with Crippen LogP contribution in [0.1, 0.15) is 22.8 Å². The first-order valence-electron chi connectivity index (χ1n) is 5.33. The highest BCUT2D eigenvalue weighted by molar-refractivity contribution is 9.10. The van der Waals surface area contributed by atoms with Gasteiger partial charge in [0.25, 0.3) is 0 Å². The standard InChI is InChI=1S/C12H18BrNO3/c1-6-9(8(15)5-14-3)11(16)12(17-4)7(2)10(6)13/h8,14-16H,5H2,1-4H3. The average molecular weight is 304 g/mol. The van der Waals surface area contributed by atoms with Crippen molar-refractivity contribution in [2.24, 2.45) is 0 Å². The molecule has 1 atom stereocenters. The summed E-state index contributed by atoms with van der Waals surface area (Å²) in [6.07, 6.45) is -0.772. The monoisotopic (exact) mass is 303 g/mol. The molecular weight excluding hydrogens is 286 g/mol. The number of rotatable bonds is 4. The van der Waals surface area contributed by atoms with Crippen molar-refractivity contribution >= 4 is 15.9 Å². The van der Waals surface area contributed by atoms with Crippen molar-refractivity contribution < 1.29 is 14.9 Å². The van der Waals surface area contributed by atoms with Gasteiger partial charge in [-0.2, -0.15) is 0 Å². The summed E-state index contributed by atoms with van der Waals surface area (Å²) in [4.78, 5) is 0. The van der Waals surface area contributed by atoms with Crippen LogP contribution in [0.5, 0.6) is 11.5 Å². The molecule has 0 saturated heterocycles. The van der Waals surface area contributed by atoms with Gasteiger partial charge >= 0.3 is 0 Å². The lowest BCUT2D eigenvalue weighted by atomic mass is 9.98. The van der Waals surface area contributed by atoms with Crippen LogP contribution in [0.2, 0.25) is 0 Å². The van der Waals surface area contributed by atoms with Crippen LogP contribution < -0.4 is 10.1 Å². The molecule has 96 valence electrons. The average Bonchev–Trinajstić information content (AvgIpc) is 2.27. The Morgan fingerprint density at radius 3 is 2.41 bits per heavy atom. The highest BCUT2D eigenvalue weighted by Gasteiger charge is 2.23. The minimum Gasteiger partial charge on any atom is -0.504 e. The Hall–Kier alpha value is -0.780. The Kier molecular flexibility index (Phi) is 4.80. The molecule has 3 N–H and O–H groups in total. The SMILES string of the molecule is CNCC(O)c1c(C)c(Br)c(C)c(OC)c1O. The summed E-state index contributed by atoms with van der Waals surface area (Å²) in [6, 6.07) is 0. The number of hydrogen-bond acceptors (Lipinski definition) is 4. The van der Waals surface area contributed by atoms with Gasteiger partial charge < -0.3 is 20.3 Å². The summed E-state index contributed by atoms with van der Waals surface area (Å²) in [5, 5.41) is 23.0. The predicted molar refractivity (Wildman–Crippen MR) is 70.7 cm³/mol. The third-order valence-electron chi connectivity index (χ3n) is 2.81. The lowest BCUT2D eigenvalue weighted by Crippen LogP contribution is -2.18. The number of halogens is 1. The molecule has 4 nitrogen and oxygen atoms in total. The van der Waals surface area contributed by atoms with Gasteiger partial charge in [0, 0.05) is 22.1 Å². The zero-order valence-electron chi connectivity index (χ0n) is 10.5. The number of ether oxygens (including phenoxy) is 1. The summed E-state index contributed by atoms with van der Waals surface area (Å²) in [7, 11) is 3.24. The summed E-state index contributed by atoms with van der Waals surface area (Å²) in [6.45, 7) is 4.07. The maximum absolute atomic E-state index is 10.1. The fourth-order valence-corrected chi connectivity index (χ4v) is 2.32. The molecular formula is C12H18BrNO3. The Labute approximate surface area is 110 Å². The second kappa shape index (κ2) is 5.71. The Morgan fingerprint density at radius 1 is 1.35 bits per heavy atom. The smallest absolute Gasteiger partial charge is 0.164 e. The van der Waals surface area contributed by atoms with E-state index in [0.29, 0.717) is 17.9 Å². The second-order valence-electron chi connectivity index (χ2n) is 3.93. The highest BCUT2D eigenvalue weighted by atomic mass is 79.9. The fourth-order valence-electron chi connectivity index (χ4n) is 1.93. The van der Waals surface area contributed by atoms with Crippen LogP contribution >= 0.6 is 15.9 Å². The Bertz CT molecular complexity index is 421. The van der Waals surface area contributed by atoms with Crippen LogP contribution in [0.3, 0.4) is 0 Å². The molecule has 0 aromatic heterocycles. The normalized spacial score (nSPS) is 12.6. The first-order chi connectivity index (χ1) is 7.95. The minimum atomic E-state index is -0.772. The summed E-state index contributed by atoms with van der Waals surface area (Å²) >= 11 is 3.45. The minimum absolute atomic E-state index is 0.00782. The van der Waals surface area contributed by atoms with E-state index < -0.39 is 6.10 Å². The largest absolute Gasteiger partial charge is 0.504 e. The van der Waals surface area contributed by atoms with E-state index in [1.165, 1.54) is 7.11 Å². The van der Waals surface area contributed by atoms with E-state index in [9.17, 15) is 10.2 Å². The Balaban J connectivity index is 3.44. The molecule has 0 fully saturated rings. The van der Waals surface area contributed by atoms with Crippen molar-refractivity contribution in [2.45, 2.75) is 20.0 Å². The van der Waals surface area contributed by atoms with Crippen LogP contribution in [0, 0.1) is 13.8 Å². The van der Waals surface area contributed by atoms with E-state index in [1.807, 2.05) is 13.8 Å². The summed E-state index contributed by atoms with van der Waals surface area (Å²) in [5.41, 5.74) is 2.14. The molecule has 0 radical (unpaired) electrons. The molecule has 0 amide bonds. The molecule has 0 aliphatic heterocycles. The van der Waals surface area contributed by atoms with Crippen LogP contribution in [-0.2, 0) is 0 Å². The van der Waals surface area contributed by atoms with E-state index in [4.69, 9.17) is 4.74 Å². The molecule has 0 spiro atoms. The second-order valence-corrected chi connectivity index (χ2v) is 4.73. The third kappa shape index (κ3) is 2.56.